The molecule has 0 aliphatic carbocycles. The lowest BCUT2D eigenvalue weighted by molar-refractivity contribution is -0.117. The zero-order valence-electron chi connectivity index (χ0n) is 11.5. The molecule has 6 nitrogen and oxygen atoms in total. The number of nitrogens with one attached hydrogen (secondary N) is 2. The fourth-order valence-corrected chi connectivity index (χ4v) is 2.75. The molecule has 21 heavy (non-hydrogen) atoms. The molecule has 1 atom stereocenters. The SMILES string of the molecule is Cc1nsc(NC(=O)[C@@H](N)Cc2c[nH]c3ccccc23)n1. The third-order valence-corrected chi connectivity index (χ3v) is 3.93. The Morgan fingerprint density at radius 2 is 2.29 bits per heavy atom. The molecule has 7 heteroatoms. The van der Waals surface area contributed by atoms with Gasteiger partial charge in [-0.2, -0.15) is 4.37 Å². The highest BCUT2D eigenvalue weighted by Crippen LogP contribution is 2.19. The van der Waals surface area contributed by atoms with E-state index >= 15 is 0 Å². The second kappa shape index (κ2) is 5.63. The second-order valence-electron chi connectivity index (χ2n) is 4.81. The van der Waals surface area contributed by atoms with Crippen LogP contribution in [0.25, 0.3) is 10.9 Å². The fourth-order valence-electron chi connectivity index (χ4n) is 2.18. The Balaban J connectivity index is 1.70. The minimum atomic E-state index is -0.631. The molecule has 0 bridgehead atoms. The van der Waals surface area contributed by atoms with E-state index in [-0.39, 0.29) is 5.91 Å². The van der Waals surface area contributed by atoms with E-state index in [1.807, 2.05) is 30.5 Å². The van der Waals surface area contributed by atoms with Gasteiger partial charge in [0.25, 0.3) is 0 Å². The molecule has 108 valence electrons. The van der Waals surface area contributed by atoms with Crippen LogP contribution in [0, 0.1) is 6.92 Å². The van der Waals surface area contributed by atoms with Crippen LogP contribution in [0.15, 0.2) is 30.5 Å². The van der Waals surface area contributed by atoms with Crippen molar-refractivity contribution in [2.75, 3.05) is 5.32 Å². The van der Waals surface area contributed by atoms with Gasteiger partial charge in [-0.15, -0.1) is 0 Å². The topological polar surface area (TPSA) is 96.7 Å². The van der Waals surface area contributed by atoms with Crippen molar-refractivity contribution < 1.29 is 4.79 Å². The monoisotopic (exact) mass is 301 g/mol. The molecule has 1 aromatic carbocycles. The maximum atomic E-state index is 12.1. The molecule has 2 heterocycles. The van der Waals surface area contributed by atoms with E-state index in [9.17, 15) is 4.79 Å². The summed E-state index contributed by atoms with van der Waals surface area (Å²) in [6, 6.07) is 7.31. The van der Waals surface area contributed by atoms with Gasteiger partial charge in [0.1, 0.15) is 5.82 Å². The number of nitrogens with zero attached hydrogens (tertiary/aromatic N) is 2. The standard InChI is InChI=1S/C14H15N5OS/c1-8-17-14(21-19-8)18-13(20)11(15)6-9-7-16-12-5-3-2-4-10(9)12/h2-5,7,11,16H,6,15H2,1H3,(H,17,18,19,20)/t11-/m0/s1. The van der Waals surface area contributed by atoms with Crippen molar-refractivity contribution in [3.05, 3.63) is 41.9 Å². The first-order valence-electron chi connectivity index (χ1n) is 6.55. The molecule has 4 N–H and O–H groups in total. The van der Waals surface area contributed by atoms with Crippen molar-refractivity contribution in [1.82, 2.24) is 14.3 Å². The van der Waals surface area contributed by atoms with Crippen molar-refractivity contribution >= 4 is 33.5 Å². The highest BCUT2D eigenvalue weighted by molar-refractivity contribution is 7.09. The number of fused-ring (bicyclic) bond motifs is 1. The van der Waals surface area contributed by atoms with Crippen molar-refractivity contribution in [2.45, 2.75) is 19.4 Å². The van der Waals surface area contributed by atoms with Crippen LogP contribution in [0.1, 0.15) is 11.4 Å². The lowest BCUT2D eigenvalue weighted by atomic mass is 10.1. The number of hydrogen-bond donors (Lipinski definition) is 3. The number of para-hydroxylation sites is 1. The molecule has 0 unspecified atom stereocenters. The van der Waals surface area contributed by atoms with E-state index in [2.05, 4.69) is 19.7 Å². The third kappa shape index (κ3) is 2.93. The Morgan fingerprint density at radius 3 is 3.05 bits per heavy atom. The Labute approximate surface area is 125 Å². The fraction of sp³-hybridized carbons (Fsp3) is 0.214. The van der Waals surface area contributed by atoms with Gasteiger partial charge in [-0.05, 0) is 25.0 Å². The number of carbonyl (C=O) groups excluding carboxylic acids is 1. The molecule has 1 amide bonds. The van der Waals surface area contributed by atoms with E-state index in [1.165, 1.54) is 0 Å². The molecule has 0 aliphatic heterocycles. The van der Waals surface area contributed by atoms with E-state index in [0.717, 1.165) is 28.0 Å². The number of benzene rings is 1. The minimum absolute atomic E-state index is 0.253. The zero-order chi connectivity index (χ0) is 14.8. The van der Waals surface area contributed by atoms with Gasteiger partial charge in [0.2, 0.25) is 11.0 Å². The van der Waals surface area contributed by atoms with Crippen LogP contribution in [0.3, 0.4) is 0 Å². The summed E-state index contributed by atoms with van der Waals surface area (Å²) in [6.45, 7) is 1.78. The Morgan fingerprint density at radius 1 is 1.48 bits per heavy atom. The number of amides is 1. The number of aromatic amines is 1. The smallest absolute Gasteiger partial charge is 0.243 e. The van der Waals surface area contributed by atoms with E-state index in [1.54, 1.807) is 6.92 Å². The summed E-state index contributed by atoms with van der Waals surface area (Å²) < 4.78 is 4.02. The maximum Gasteiger partial charge on any atom is 0.243 e. The van der Waals surface area contributed by atoms with Crippen LogP contribution in [0.2, 0.25) is 0 Å². The average molecular weight is 301 g/mol. The predicted molar refractivity (Wildman–Crippen MR) is 83.3 cm³/mol. The normalized spacial score (nSPS) is 12.5. The van der Waals surface area contributed by atoms with Crippen LogP contribution in [0.5, 0.6) is 0 Å². The first-order chi connectivity index (χ1) is 10.1. The van der Waals surface area contributed by atoms with Crippen molar-refractivity contribution in [3.63, 3.8) is 0 Å². The van der Waals surface area contributed by atoms with E-state index < -0.39 is 6.04 Å². The van der Waals surface area contributed by atoms with Gasteiger partial charge >= 0.3 is 0 Å². The molecule has 0 fully saturated rings. The molecule has 0 saturated carbocycles. The molecule has 2 aromatic heterocycles. The van der Waals surface area contributed by atoms with Crippen molar-refractivity contribution in [1.29, 1.82) is 0 Å². The molecule has 3 rings (SSSR count). The summed E-state index contributed by atoms with van der Waals surface area (Å²) in [5.74, 6) is 0.386. The Hall–Kier alpha value is -2.25. The van der Waals surface area contributed by atoms with Crippen LogP contribution in [-0.2, 0) is 11.2 Å². The number of rotatable bonds is 4. The van der Waals surface area contributed by atoms with Crippen LogP contribution < -0.4 is 11.1 Å². The quantitative estimate of drug-likeness (QED) is 0.685. The summed E-state index contributed by atoms with van der Waals surface area (Å²) in [6.07, 6.45) is 2.36. The lowest BCUT2D eigenvalue weighted by Gasteiger charge is -2.09. The highest BCUT2D eigenvalue weighted by Gasteiger charge is 2.17. The van der Waals surface area contributed by atoms with E-state index in [4.69, 9.17) is 5.73 Å². The summed E-state index contributed by atoms with van der Waals surface area (Å²) in [7, 11) is 0. The van der Waals surface area contributed by atoms with Crippen LogP contribution >= 0.6 is 11.5 Å². The first-order valence-corrected chi connectivity index (χ1v) is 7.32. The van der Waals surface area contributed by atoms with Crippen molar-refractivity contribution in [2.24, 2.45) is 5.73 Å². The zero-order valence-corrected chi connectivity index (χ0v) is 12.3. The lowest BCUT2D eigenvalue weighted by Crippen LogP contribution is -2.37. The predicted octanol–water partition coefficient (Wildman–Crippen LogP) is 1.84. The summed E-state index contributed by atoms with van der Waals surface area (Å²) in [5, 5.41) is 4.26. The number of aromatic nitrogens is 3. The van der Waals surface area contributed by atoms with Gasteiger partial charge in [0.15, 0.2) is 0 Å². The third-order valence-electron chi connectivity index (χ3n) is 3.21. The molecule has 3 aromatic rings. The first kappa shape index (κ1) is 13.7. The number of H-pyrrole nitrogens is 1. The molecule has 0 aliphatic rings. The van der Waals surface area contributed by atoms with Gasteiger partial charge in [-0.25, -0.2) is 4.98 Å². The van der Waals surface area contributed by atoms with Gasteiger partial charge in [-0.3, -0.25) is 10.1 Å². The van der Waals surface area contributed by atoms with Crippen LogP contribution in [-0.4, -0.2) is 26.3 Å². The van der Waals surface area contributed by atoms with Gasteiger partial charge in [-0.1, -0.05) is 18.2 Å². The largest absolute Gasteiger partial charge is 0.361 e. The number of carbonyl (C=O) groups is 1. The number of anilines is 1. The van der Waals surface area contributed by atoms with E-state index in [0.29, 0.717) is 17.4 Å². The number of aryl methyl sites for hydroxylation is 1. The average Bonchev–Trinajstić information content (AvgIpc) is 3.06. The molecule has 0 spiro atoms. The van der Waals surface area contributed by atoms with Crippen molar-refractivity contribution in [3.8, 4) is 0 Å². The molecular formula is C14H15N5OS. The number of nitrogens with two attached hydrogens (primary N) is 1. The number of hydrogen-bond acceptors (Lipinski definition) is 5. The molecule has 0 radical (unpaired) electrons. The summed E-state index contributed by atoms with van der Waals surface area (Å²) in [5.41, 5.74) is 8.06. The highest BCUT2D eigenvalue weighted by atomic mass is 32.1. The second-order valence-corrected chi connectivity index (χ2v) is 5.56. The Kier molecular flexibility index (Phi) is 3.68. The van der Waals surface area contributed by atoms with Gasteiger partial charge in [0, 0.05) is 28.6 Å². The Bertz CT molecular complexity index is 778. The van der Waals surface area contributed by atoms with Crippen LogP contribution in [0.4, 0.5) is 5.13 Å². The summed E-state index contributed by atoms with van der Waals surface area (Å²) in [4.78, 5) is 19.3. The molecule has 0 saturated heterocycles. The minimum Gasteiger partial charge on any atom is -0.361 e. The molecular weight excluding hydrogens is 286 g/mol. The maximum absolute atomic E-state index is 12.1. The van der Waals surface area contributed by atoms with Gasteiger partial charge < -0.3 is 10.7 Å². The summed E-state index contributed by atoms with van der Waals surface area (Å²) >= 11 is 1.15. The van der Waals surface area contributed by atoms with Gasteiger partial charge in [0.05, 0.1) is 6.04 Å².